The number of ether oxygens (including phenoxy) is 2. The Bertz CT molecular complexity index is 1210. The van der Waals surface area contributed by atoms with Crippen LogP contribution in [0.1, 0.15) is 12.7 Å². The van der Waals surface area contributed by atoms with E-state index in [1.165, 1.54) is 42.8 Å². The number of sulfonamides is 1. The van der Waals surface area contributed by atoms with E-state index in [0.717, 1.165) is 4.90 Å². The van der Waals surface area contributed by atoms with Crippen LogP contribution in [-0.4, -0.2) is 75.4 Å². The number of anilines is 1. The van der Waals surface area contributed by atoms with E-state index in [9.17, 15) is 22.8 Å². The number of morpholine rings is 1. The predicted octanol–water partition coefficient (Wildman–Crippen LogP) is 0.715. The van der Waals surface area contributed by atoms with Gasteiger partial charge in [0.2, 0.25) is 15.9 Å². The fourth-order valence-electron chi connectivity index (χ4n) is 3.80. The number of rotatable bonds is 7. The molecule has 13 heteroatoms. The highest BCUT2D eigenvalue weighted by molar-refractivity contribution is 7.89. The van der Waals surface area contributed by atoms with Crippen molar-refractivity contribution in [3.63, 3.8) is 0 Å². The number of urea groups is 1. The first-order valence-corrected chi connectivity index (χ1v) is 11.8. The van der Waals surface area contributed by atoms with Crippen molar-refractivity contribution >= 4 is 33.6 Å². The summed E-state index contributed by atoms with van der Waals surface area (Å²) >= 11 is 0. The summed E-state index contributed by atoms with van der Waals surface area (Å²) in [7, 11) is -2.56. The van der Waals surface area contributed by atoms with Crippen LogP contribution in [-0.2, 0) is 29.9 Å². The van der Waals surface area contributed by atoms with Crippen molar-refractivity contribution in [2.24, 2.45) is 0 Å². The number of carbonyl (C=O) groups is 3. The second kappa shape index (κ2) is 9.08. The van der Waals surface area contributed by atoms with Crippen molar-refractivity contribution in [1.29, 1.82) is 0 Å². The molecule has 0 spiro atoms. The van der Waals surface area contributed by atoms with Crippen molar-refractivity contribution in [3.8, 4) is 5.75 Å². The molecule has 0 unspecified atom stereocenters. The van der Waals surface area contributed by atoms with E-state index in [1.54, 1.807) is 12.1 Å². The molecule has 0 bridgehead atoms. The molecule has 2 fully saturated rings. The third-order valence-corrected chi connectivity index (χ3v) is 7.55. The lowest BCUT2D eigenvalue weighted by Crippen LogP contribution is -2.42. The Labute approximate surface area is 195 Å². The average Bonchev–Trinajstić information content (AvgIpc) is 3.44. The number of nitrogens with zero attached hydrogens (tertiary/aromatic N) is 2. The van der Waals surface area contributed by atoms with Crippen LogP contribution in [0.25, 0.3) is 0 Å². The SMILES string of the molecule is COc1ccc(NC(=O)CN2C(=O)N[C@@](C)(c3ccco3)C2=O)cc1S(=O)(=O)N1CCOCC1. The number of hydrogen-bond acceptors (Lipinski definition) is 8. The van der Waals surface area contributed by atoms with Gasteiger partial charge in [0.05, 0.1) is 26.6 Å². The Morgan fingerprint density at radius 3 is 2.62 bits per heavy atom. The molecule has 3 heterocycles. The average molecular weight is 493 g/mol. The van der Waals surface area contributed by atoms with Crippen molar-refractivity contribution in [2.45, 2.75) is 17.4 Å². The van der Waals surface area contributed by atoms with Crippen LogP contribution >= 0.6 is 0 Å². The molecule has 1 atom stereocenters. The van der Waals surface area contributed by atoms with E-state index in [2.05, 4.69) is 10.6 Å². The monoisotopic (exact) mass is 492 g/mol. The van der Waals surface area contributed by atoms with Gasteiger partial charge in [-0.1, -0.05) is 0 Å². The van der Waals surface area contributed by atoms with Crippen LogP contribution in [0.4, 0.5) is 10.5 Å². The summed E-state index contributed by atoms with van der Waals surface area (Å²) in [6.07, 6.45) is 1.38. The van der Waals surface area contributed by atoms with Gasteiger partial charge in [-0.2, -0.15) is 4.31 Å². The quantitative estimate of drug-likeness (QED) is 0.537. The van der Waals surface area contributed by atoms with Gasteiger partial charge in [0.15, 0.2) is 5.54 Å². The molecule has 12 nitrogen and oxygen atoms in total. The summed E-state index contributed by atoms with van der Waals surface area (Å²) in [5.41, 5.74) is -1.26. The standard InChI is InChI=1S/C21H24N4O8S/c1-21(17-4-3-9-33-17)19(27)25(20(28)23-21)13-18(26)22-14-5-6-15(31-2)16(12-14)34(29,30)24-7-10-32-11-8-24/h3-6,9,12H,7-8,10-11,13H2,1-2H3,(H,22,26)(H,23,28)/t21-/m0/s1. The highest BCUT2D eigenvalue weighted by atomic mass is 32.2. The van der Waals surface area contributed by atoms with E-state index in [0.29, 0.717) is 0 Å². The van der Waals surface area contributed by atoms with Crippen molar-refractivity contribution in [1.82, 2.24) is 14.5 Å². The Kier molecular flexibility index (Phi) is 6.34. The lowest BCUT2D eigenvalue weighted by molar-refractivity contribution is -0.134. The molecule has 1 aromatic heterocycles. The largest absolute Gasteiger partial charge is 0.495 e. The van der Waals surface area contributed by atoms with Crippen LogP contribution in [0, 0.1) is 0 Å². The van der Waals surface area contributed by atoms with E-state index in [-0.39, 0.29) is 48.4 Å². The summed E-state index contributed by atoms with van der Waals surface area (Å²) in [5, 5.41) is 5.07. The first kappa shape index (κ1) is 23.7. The molecule has 4 amide bonds. The smallest absolute Gasteiger partial charge is 0.325 e. The third kappa shape index (κ3) is 4.24. The fraction of sp³-hybridized carbons (Fsp3) is 0.381. The zero-order valence-electron chi connectivity index (χ0n) is 18.6. The van der Waals surface area contributed by atoms with Gasteiger partial charge in [0.1, 0.15) is 22.9 Å². The summed E-state index contributed by atoms with van der Waals surface area (Å²) < 4.78 is 43.2. The van der Waals surface area contributed by atoms with Crippen LogP contribution in [0.5, 0.6) is 5.75 Å². The van der Waals surface area contributed by atoms with Crippen LogP contribution in [0.2, 0.25) is 0 Å². The maximum absolute atomic E-state index is 13.1. The number of furan rings is 1. The molecule has 2 aromatic rings. The number of amides is 4. The summed E-state index contributed by atoms with van der Waals surface area (Å²) in [4.78, 5) is 38.6. The predicted molar refractivity (Wildman–Crippen MR) is 118 cm³/mol. The number of carbonyl (C=O) groups excluding carboxylic acids is 3. The third-order valence-electron chi connectivity index (χ3n) is 5.63. The van der Waals surface area contributed by atoms with Gasteiger partial charge < -0.3 is 24.5 Å². The Balaban J connectivity index is 1.51. The number of imide groups is 1. The van der Waals surface area contributed by atoms with Gasteiger partial charge in [-0.05, 0) is 37.3 Å². The van der Waals surface area contributed by atoms with Gasteiger partial charge in [-0.25, -0.2) is 13.2 Å². The molecule has 2 N–H and O–H groups in total. The van der Waals surface area contributed by atoms with E-state index in [4.69, 9.17) is 13.9 Å². The zero-order chi connectivity index (χ0) is 24.5. The fourth-order valence-corrected chi connectivity index (χ4v) is 5.39. The van der Waals surface area contributed by atoms with E-state index in [1.807, 2.05) is 0 Å². The zero-order valence-corrected chi connectivity index (χ0v) is 19.4. The summed E-state index contributed by atoms with van der Waals surface area (Å²) in [6, 6.07) is 6.56. The number of methoxy groups -OCH3 is 1. The van der Waals surface area contributed by atoms with Crippen LogP contribution in [0.15, 0.2) is 45.9 Å². The van der Waals surface area contributed by atoms with Crippen molar-refractivity contribution in [2.75, 3.05) is 45.3 Å². The van der Waals surface area contributed by atoms with Crippen molar-refractivity contribution < 1.29 is 36.7 Å². The Morgan fingerprint density at radius 1 is 1.24 bits per heavy atom. The number of nitrogens with one attached hydrogen (secondary N) is 2. The lowest BCUT2D eigenvalue weighted by Gasteiger charge is -2.26. The molecule has 0 radical (unpaired) electrons. The summed E-state index contributed by atoms with van der Waals surface area (Å²) in [5.74, 6) is -0.977. The molecular weight excluding hydrogens is 468 g/mol. The minimum absolute atomic E-state index is 0.116. The molecule has 0 aliphatic carbocycles. The second-order valence-electron chi connectivity index (χ2n) is 7.85. The van der Waals surface area contributed by atoms with Crippen LogP contribution < -0.4 is 15.4 Å². The van der Waals surface area contributed by atoms with E-state index >= 15 is 0 Å². The topological polar surface area (TPSA) is 147 Å². The maximum atomic E-state index is 13.1. The molecule has 34 heavy (non-hydrogen) atoms. The van der Waals surface area contributed by atoms with Gasteiger partial charge >= 0.3 is 6.03 Å². The first-order valence-electron chi connectivity index (χ1n) is 10.4. The molecular formula is C21H24N4O8S. The second-order valence-corrected chi connectivity index (χ2v) is 9.76. The highest BCUT2D eigenvalue weighted by Crippen LogP contribution is 2.31. The molecule has 4 rings (SSSR count). The number of benzene rings is 1. The molecule has 182 valence electrons. The van der Waals surface area contributed by atoms with Gasteiger partial charge in [0.25, 0.3) is 5.91 Å². The van der Waals surface area contributed by atoms with E-state index < -0.39 is 40.0 Å². The van der Waals surface area contributed by atoms with Crippen LogP contribution in [0.3, 0.4) is 0 Å². The Morgan fingerprint density at radius 2 is 1.97 bits per heavy atom. The summed E-state index contributed by atoms with van der Waals surface area (Å²) in [6.45, 7) is 1.86. The first-order chi connectivity index (χ1) is 16.2. The van der Waals surface area contributed by atoms with Gasteiger partial charge in [-0.3, -0.25) is 14.5 Å². The molecule has 2 saturated heterocycles. The lowest BCUT2D eigenvalue weighted by atomic mass is 9.99. The minimum atomic E-state index is -3.91. The highest BCUT2D eigenvalue weighted by Gasteiger charge is 2.51. The number of hydrogen-bond donors (Lipinski definition) is 2. The minimum Gasteiger partial charge on any atom is -0.495 e. The molecule has 0 saturated carbocycles. The van der Waals surface area contributed by atoms with Gasteiger partial charge in [0, 0.05) is 18.8 Å². The maximum Gasteiger partial charge on any atom is 0.325 e. The molecule has 2 aliphatic rings. The molecule has 2 aliphatic heterocycles. The van der Waals surface area contributed by atoms with Crippen molar-refractivity contribution in [3.05, 3.63) is 42.4 Å². The molecule has 1 aromatic carbocycles. The normalized spacial score (nSPS) is 21.4. The van der Waals surface area contributed by atoms with Gasteiger partial charge in [-0.15, -0.1) is 0 Å². The Hall–Kier alpha value is -3.42.